The zero-order valence-corrected chi connectivity index (χ0v) is 19.7. The fraction of sp³-hybridized carbons (Fsp3) is 0.0833. The minimum Gasteiger partial charge on any atom is -0.459 e. The van der Waals surface area contributed by atoms with Gasteiger partial charge in [0.15, 0.2) is 5.11 Å². The fourth-order valence-electron chi connectivity index (χ4n) is 3.87. The highest BCUT2D eigenvalue weighted by atomic mass is 79.9. The molecule has 0 amide bonds. The van der Waals surface area contributed by atoms with Crippen molar-refractivity contribution in [3.63, 3.8) is 0 Å². The molecule has 2 aromatic carbocycles. The van der Waals surface area contributed by atoms with E-state index >= 15 is 0 Å². The summed E-state index contributed by atoms with van der Waals surface area (Å²) in [5.41, 5.74) is 2.49. The third-order valence-electron chi connectivity index (χ3n) is 5.32. The highest BCUT2D eigenvalue weighted by molar-refractivity contribution is 9.10. The van der Waals surface area contributed by atoms with Crippen LogP contribution < -0.4 is 10.2 Å². The summed E-state index contributed by atoms with van der Waals surface area (Å²) in [6.45, 7) is 0. The van der Waals surface area contributed by atoms with E-state index in [-0.39, 0.29) is 17.9 Å². The van der Waals surface area contributed by atoms with Crippen LogP contribution >= 0.6 is 39.7 Å². The Balaban J connectivity index is 1.60. The van der Waals surface area contributed by atoms with E-state index in [1.165, 1.54) is 12.1 Å². The molecular formula is C24H16BrClFN3OS. The lowest BCUT2D eigenvalue weighted by Crippen LogP contribution is -2.29. The molecule has 1 aliphatic rings. The second-order valence-corrected chi connectivity index (χ2v) is 8.98. The number of hydrogen-bond acceptors (Lipinski definition) is 3. The van der Waals surface area contributed by atoms with Crippen molar-refractivity contribution in [3.05, 3.63) is 106 Å². The molecule has 4 nitrogen and oxygen atoms in total. The summed E-state index contributed by atoms with van der Waals surface area (Å²) in [6, 6.07) is 21.1. The molecule has 0 saturated carbocycles. The molecule has 5 rings (SSSR count). The van der Waals surface area contributed by atoms with Crippen molar-refractivity contribution in [2.45, 2.75) is 12.1 Å². The Morgan fingerprint density at radius 1 is 1.06 bits per heavy atom. The molecule has 2 atom stereocenters. The number of thiocarbonyl (C=S) groups is 1. The average Bonchev–Trinajstić information content (AvgIpc) is 3.39. The smallest absolute Gasteiger partial charge is 0.174 e. The normalized spacial score (nSPS) is 18.1. The van der Waals surface area contributed by atoms with Crippen LogP contribution in [0.25, 0.3) is 11.3 Å². The van der Waals surface area contributed by atoms with Crippen LogP contribution in [-0.2, 0) is 0 Å². The topological polar surface area (TPSA) is 41.3 Å². The van der Waals surface area contributed by atoms with Gasteiger partial charge in [-0.15, -0.1) is 0 Å². The lowest BCUT2D eigenvalue weighted by atomic mass is 10.0. The molecule has 3 heterocycles. The van der Waals surface area contributed by atoms with Gasteiger partial charge in [0.05, 0.1) is 11.7 Å². The Morgan fingerprint density at radius 3 is 2.59 bits per heavy atom. The molecule has 4 aromatic rings. The summed E-state index contributed by atoms with van der Waals surface area (Å²) in [7, 11) is 0. The maximum Gasteiger partial charge on any atom is 0.174 e. The Kier molecular flexibility index (Phi) is 5.71. The molecule has 32 heavy (non-hydrogen) atoms. The van der Waals surface area contributed by atoms with Gasteiger partial charge in [-0.2, -0.15) is 0 Å². The summed E-state index contributed by atoms with van der Waals surface area (Å²) in [5.74, 6) is 1.01. The molecule has 1 N–H and O–H groups in total. The molecule has 160 valence electrons. The molecule has 1 aliphatic heterocycles. The second kappa shape index (κ2) is 8.65. The van der Waals surface area contributed by atoms with Gasteiger partial charge in [0.1, 0.15) is 23.4 Å². The number of hydrogen-bond donors (Lipinski definition) is 1. The largest absolute Gasteiger partial charge is 0.459 e. The lowest BCUT2D eigenvalue weighted by molar-refractivity contribution is 0.439. The first-order valence-electron chi connectivity index (χ1n) is 9.82. The Labute approximate surface area is 203 Å². The molecule has 8 heteroatoms. The number of nitrogens with zero attached hydrogens (tertiary/aromatic N) is 2. The Morgan fingerprint density at radius 2 is 1.88 bits per heavy atom. The number of furan rings is 1. The zero-order chi connectivity index (χ0) is 22.2. The third kappa shape index (κ3) is 3.92. The number of anilines is 1. The predicted molar refractivity (Wildman–Crippen MR) is 131 cm³/mol. The van der Waals surface area contributed by atoms with E-state index in [0.717, 1.165) is 16.9 Å². The van der Waals surface area contributed by atoms with Crippen molar-refractivity contribution in [3.8, 4) is 11.3 Å². The number of aromatic nitrogens is 1. The molecule has 0 radical (unpaired) electrons. The number of halogens is 3. The molecule has 0 bridgehead atoms. The second-order valence-electron chi connectivity index (χ2n) is 7.30. The van der Waals surface area contributed by atoms with E-state index in [1.807, 2.05) is 59.5 Å². The number of benzene rings is 2. The minimum absolute atomic E-state index is 0.227. The highest BCUT2D eigenvalue weighted by Crippen LogP contribution is 2.43. The van der Waals surface area contributed by atoms with Crippen molar-refractivity contribution in [2.75, 3.05) is 4.90 Å². The molecule has 1 fully saturated rings. The van der Waals surface area contributed by atoms with Crippen molar-refractivity contribution in [2.24, 2.45) is 0 Å². The van der Waals surface area contributed by atoms with E-state index in [2.05, 4.69) is 26.2 Å². The fourth-order valence-corrected chi connectivity index (χ4v) is 4.89. The van der Waals surface area contributed by atoms with E-state index in [1.54, 1.807) is 12.3 Å². The van der Waals surface area contributed by atoms with E-state index in [9.17, 15) is 4.39 Å². The van der Waals surface area contributed by atoms with Gasteiger partial charge in [-0.1, -0.05) is 17.7 Å². The first-order chi connectivity index (χ1) is 15.5. The molecule has 0 spiro atoms. The van der Waals surface area contributed by atoms with Crippen LogP contribution in [0.1, 0.15) is 23.5 Å². The third-order valence-corrected chi connectivity index (χ3v) is 6.54. The summed E-state index contributed by atoms with van der Waals surface area (Å²) < 4.78 is 20.5. The summed E-state index contributed by atoms with van der Waals surface area (Å²) in [6.07, 6.45) is 1.76. The first kappa shape index (κ1) is 21.1. The lowest BCUT2D eigenvalue weighted by Gasteiger charge is -2.26. The van der Waals surface area contributed by atoms with Gasteiger partial charge in [-0.05, 0) is 94.9 Å². The summed E-state index contributed by atoms with van der Waals surface area (Å²) in [4.78, 5) is 6.55. The van der Waals surface area contributed by atoms with Crippen LogP contribution in [0.3, 0.4) is 0 Å². The van der Waals surface area contributed by atoms with Gasteiger partial charge in [0.25, 0.3) is 0 Å². The molecular weight excluding hydrogens is 513 g/mol. The molecule has 2 aromatic heterocycles. The number of nitrogens with one attached hydrogen (secondary N) is 1. The van der Waals surface area contributed by atoms with Crippen LogP contribution in [0, 0.1) is 5.82 Å². The zero-order valence-electron chi connectivity index (χ0n) is 16.5. The Hall–Kier alpha value is -2.74. The van der Waals surface area contributed by atoms with Crippen LogP contribution in [0.5, 0.6) is 0 Å². The van der Waals surface area contributed by atoms with Crippen LogP contribution in [-0.4, -0.2) is 10.1 Å². The minimum atomic E-state index is -0.318. The van der Waals surface area contributed by atoms with Crippen LogP contribution in [0.2, 0.25) is 5.02 Å². The first-order valence-corrected chi connectivity index (χ1v) is 11.4. The van der Waals surface area contributed by atoms with Crippen molar-refractivity contribution in [1.29, 1.82) is 0 Å². The van der Waals surface area contributed by atoms with E-state index in [0.29, 0.717) is 26.1 Å². The van der Waals surface area contributed by atoms with Gasteiger partial charge in [0, 0.05) is 26.9 Å². The predicted octanol–water partition coefficient (Wildman–Crippen LogP) is 7.07. The van der Waals surface area contributed by atoms with Gasteiger partial charge < -0.3 is 14.6 Å². The monoisotopic (exact) mass is 527 g/mol. The SMILES string of the molecule is Fc1ccc(-c2ccc([C@H]3[C@@H](c4ccccn4)NC(=S)N3c3ccc(Cl)cc3)o2)c(Br)c1. The van der Waals surface area contributed by atoms with Gasteiger partial charge in [-0.3, -0.25) is 4.98 Å². The molecule has 1 saturated heterocycles. The summed E-state index contributed by atoms with van der Waals surface area (Å²) >= 11 is 15.2. The van der Waals surface area contributed by atoms with Gasteiger partial charge >= 0.3 is 0 Å². The number of pyridine rings is 1. The van der Waals surface area contributed by atoms with Gasteiger partial charge in [0.2, 0.25) is 0 Å². The van der Waals surface area contributed by atoms with Crippen molar-refractivity contribution in [1.82, 2.24) is 10.3 Å². The van der Waals surface area contributed by atoms with Gasteiger partial charge in [-0.25, -0.2) is 4.39 Å². The van der Waals surface area contributed by atoms with Crippen molar-refractivity contribution < 1.29 is 8.81 Å². The van der Waals surface area contributed by atoms with Crippen molar-refractivity contribution >= 4 is 50.5 Å². The average molecular weight is 529 g/mol. The molecule has 0 aliphatic carbocycles. The van der Waals surface area contributed by atoms with E-state index < -0.39 is 0 Å². The molecule has 0 unspecified atom stereocenters. The Bertz CT molecular complexity index is 1280. The maximum absolute atomic E-state index is 13.6. The highest BCUT2D eigenvalue weighted by Gasteiger charge is 2.42. The van der Waals surface area contributed by atoms with Crippen LogP contribution in [0.15, 0.2) is 87.9 Å². The maximum atomic E-state index is 13.6. The summed E-state index contributed by atoms with van der Waals surface area (Å²) in [5, 5.41) is 4.60. The number of rotatable bonds is 4. The quantitative estimate of drug-likeness (QED) is 0.287. The standard InChI is InChI=1S/C24H16BrClFN3OS/c25-18-13-15(27)6-9-17(18)20-10-11-21(31-20)23-22(19-3-1-2-12-28-19)29-24(32)30(23)16-7-4-14(26)5-8-16/h1-13,22-23H,(H,29,32)/t22-,23+/m1/s1. The van der Waals surface area contributed by atoms with Crippen LogP contribution in [0.4, 0.5) is 10.1 Å². The van der Waals surface area contributed by atoms with E-state index in [4.69, 9.17) is 28.2 Å².